The zero-order chi connectivity index (χ0) is 13.8. The highest BCUT2D eigenvalue weighted by atomic mass is 19.4. The third kappa shape index (κ3) is 3.61. The molecule has 2 N–H and O–H groups in total. The molecule has 0 atom stereocenters. The molecule has 0 aliphatic heterocycles. The quantitative estimate of drug-likeness (QED) is 0.801. The van der Waals surface area contributed by atoms with Crippen LogP contribution < -0.4 is 5.32 Å². The Balaban J connectivity index is 3.02. The van der Waals surface area contributed by atoms with Gasteiger partial charge in [-0.25, -0.2) is 9.78 Å². The molecule has 0 unspecified atom stereocenters. The molecule has 1 heterocycles. The van der Waals surface area contributed by atoms with Crippen molar-refractivity contribution in [3.63, 3.8) is 0 Å². The summed E-state index contributed by atoms with van der Waals surface area (Å²) in [7, 11) is 0. The molecule has 0 aliphatic rings. The number of unbranched alkanes of at least 4 members (excludes halogenated alkanes) is 1. The average Bonchev–Trinajstić information content (AvgIpc) is 2.28. The van der Waals surface area contributed by atoms with Crippen LogP contribution >= 0.6 is 0 Å². The van der Waals surface area contributed by atoms with Gasteiger partial charge in [-0.05, 0) is 18.6 Å². The van der Waals surface area contributed by atoms with Crippen molar-refractivity contribution in [3.05, 3.63) is 23.4 Å². The first-order chi connectivity index (χ1) is 8.36. The minimum absolute atomic E-state index is 0.0285. The van der Waals surface area contributed by atoms with Crippen molar-refractivity contribution in [1.29, 1.82) is 0 Å². The number of carbonyl (C=O) groups is 1. The Labute approximate surface area is 102 Å². The number of pyridine rings is 1. The standard InChI is InChI=1S/C11H13F3N2O2/c1-2-3-6-15-8-5-4-7(10(17)18)9(16-8)11(12,13)14/h4-5H,2-3,6H2,1H3,(H,15,16)(H,17,18). The van der Waals surface area contributed by atoms with Gasteiger partial charge >= 0.3 is 12.1 Å². The second-order valence-corrected chi connectivity index (χ2v) is 3.68. The number of hydrogen-bond acceptors (Lipinski definition) is 3. The summed E-state index contributed by atoms with van der Waals surface area (Å²) in [6, 6.07) is 2.14. The molecule has 1 aromatic rings. The molecule has 0 amide bonds. The van der Waals surface area contributed by atoms with Gasteiger partial charge in [-0.2, -0.15) is 13.2 Å². The highest BCUT2D eigenvalue weighted by Gasteiger charge is 2.37. The van der Waals surface area contributed by atoms with E-state index in [1.807, 2.05) is 6.92 Å². The summed E-state index contributed by atoms with van der Waals surface area (Å²) in [5.74, 6) is -1.62. The predicted molar refractivity (Wildman–Crippen MR) is 59.6 cm³/mol. The Kier molecular flexibility index (Phi) is 4.52. The van der Waals surface area contributed by atoms with Gasteiger partial charge in [-0.3, -0.25) is 0 Å². The van der Waals surface area contributed by atoms with E-state index in [2.05, 4.69) is 10.3 Å². The number of carboxylic acid groups (broad SMARTS) is 1. The molecule has 18 heavy (non-hydrogen) atoms. The molecule has 0 bridgehead atoms. The number of halogens is 3. The molecule has 100 valence electrons. The van der Waals surface area contributed by atoms with Crippen molar-refractivity contribution in [2.24, 2.45) is 0 Å². The van der Waals surface area contributed by atoms with Gasteiger partial charge in [0.05, 0.1) is 5.56 Å². The van der Waals surface area contributed by atoms with Crippen LogP contribution in [0, 0.1) is 0 Å². The predicted octanol–water partition coefficient (Wildman–Crippen LogP) is 3.01. The van der Waals surface area contributed by atoms with E-state index in [9.17, 15) is 18.0 Å². The van der Waals surface area contributed by atoms with E-state index in [1.54, 1.807) is 0 Å². The van der Waals surface area contributed by atoms with Gasteiger partial charge in [-0.15, -0.1) is 0 Å². The summed E-state index contributed by atoms with van der Waals surface area (Å²) in [4.78, 5) is 14.0. The third-order valence-electron chi connectivity index (χ3n) is 2.23. The highest BCUT2D eigenvalue weighted by molar-refractivity contribution is 5.89. The first-order valence-electron chi connectivity index (χ1n) is 5.41. The van der Waals surface area contributed by atoms with Crippen molar-refractivity contribution < 1.29 is 23.1 Å². The zero-order valence-corrected chi connectivity index (χ0v) is 9.71. The Bertz CT molecular complexity index is 433. The maximum Gasteiger partial charge on any atom is 0.434 e. The summed E-state index contributed by atoms with van der Waals surface area (Å²) >= 11 is 0. The molecule has 7 heteroatoms. The van der Waals surface area contributed by atoms with Crippen LogP contribution in [0.3, 0.4) is 0 Å². The largest absolute Gasteiger partial charge is 0.478 e. The fourth-order valence-corrected chi connectivity index (χ4v) is 1.34. The average molecular weight is 262 g/mol. The van der Waals surface area contributed by atoms with Crippen LogP contribution in [0.4, 0.5) is 19.0 Å². The van der Waals surface area contributed by atoms with Crippen LogP contribution in [0.2, 0.25) is 0 Å². The van der Waals surface area contributed by atoms with E-state index < -0.39 is 23.4 Å². The van der Waals surface area contributed by atoms with E-state index in [4.69, 9.17) is 5.11 Å². The van der Waals surface area contributed by atoms with Crippen molar-refractivity contribution in [2.75, 3.05) is 11.9 Å². The van der Waals surface area contributed by atoms with Crippen LogP contribution in [-0.2, 0) is 6.18 Å². The number of rotatable bonds is 5. The number of hydrogen-bond donors (Lipinski definition) is 2. The SMILES string of the molecule is CCCCNc1ccc(C(=O)O)c(C(F)(F)F)n1. The van der Waals surface area contributed by atoms with Crippen molar-refractivity contribution >= 4 is 11.8 Å². The van der Waals surface area contributed by atoms with E-state index >= 15 is 0 Å². The Morgan fingerprint density at radius 1 is 1.44 bits per heavy atom. The Hall–Kier alpha value is -1.79. The lowest BCUT2D eigenvalue weighted by atomic mass is 10.2. The lowest BCUT2D eigenvalue weighted by Crippen LogP contribution is -2.17. The van der Waals surface area contributed by atoms with Crippen molar-refractivity contribution in [2.45, 2.75) is 25.9 Å². The summed E-state index contributed by atoms with van der Waals surface area (Å²) in [5.41, 5.74) is -2.22. The molecule has 0 radical (unpaired) electrons. The lowest BCUT2D eigenvalue weighted by molar-refractivity contribution is -0.141. The van der Waals surface area contributed by atoms with Gasteiger partial charge in [0.1, 0.15) is 5.82 Å². The Morgan fingerprint density at radius 2 is 2.11 bits per heavy atom. The fraction of sp³-hybridized carbons (Fsp3) is 0.455. The van der Waals surface area contributed by atoms with Crippen molar-refractivity contribution in [1.82, 2.24) is 4.98 Å². The molecule has 1 rings (SSSR count). The first kappa shape index (κ1) is 14.3. The third-order valence-corrected chi connectivity index (χ3v) is 2.23. The fourth-order valence-electron chi connectivity index (χ4n) is 1.34. The van der Waals surface area contributed by atoms with Crippen LogP contribution in [0.25, 0.3) is 0 Å². The number of aromatic carboxylic acids is 1. The first-order valence-corrected chi connectivity index (χ1v) is 5.41. The van der Waals surface area contributed by atoms with Gasteiger partial charge in [0, 0.05) is 6.54 Å². The molecule has 0 aromatic carbocycles. The normalized spacial score (nSPS) is 11.3. The molecular formula is C11H13F3N2O2. The topological polar surface area (TPSA) is 62.2 Å². The molecule has 0 aliphatic carbocycles. The van der Waals surface area contributed by atoms with Gasteiger partial charge in [0.25, 0.3) is 0 Å². The minimum atomic E-state index is -4.78. The number of carboxylic acids is 1. The second kappa shape index (κ2) is 5.70. The van der Waals surface area contributed by atoms with Gasteiger partial charge < -0.3 is 10.4 Å². The number of nitrogens with one attached hydrogen (secondary N) is 1. The molecule has 0 fully saturated rings. The van der Waals surface area contributed by atoms with E-state index in [1.165, 1.54) is 6.07 Å². The minimum Gasteiger partial charge on any atom is -0.478 e. The monoisotopic (exact) mass is 262 g/mol. The molecule has 1 aromatic heterocycles. The van der Waals surface area contributed by atoms with Crippen molar-refractivity contribution in [3.8, 4) is 0 Å². The number of anilines is 1. The Morgan fingerprint density at radius 3 is 2.61 bits per heavy atom. The smallest absolute Gasteiger partial charge is 0.434 e. The number of nitrogens with zero attached hydrogens (tertiary/aromatic N) is 1. The number of aromatic nitrogens is 1. The van der Waals surface area contributed by atoms with E-state index in [-0.39, 0.29) is 5.82 Å². The van der Waals surface area contributed by atoms with Gasteiger partial charge in [0.2, 0.25) is 0 Å². The zero-order valence-electron chi connectivity index (χ0n) is 9.71. The molecule has 0 saturated heterocycles. The summed E-state index contributed by atoms with van der Waals surface area (Å²) < 4.78 is 37.9. The van der Waals surface area contributed by atoms with Crippen LogP contribution in [0.5, 0.6) is 0 Å². The molecule has 0 spiro atoms. The molecule has 0 saturated carbocycles. The molecule has 4 nitrogen and oxygen atoms in total. The maximum atomic E-state index is 12.6. The lowest BCUT2D eigenvalue weighted by Gasteiger charge is -2.11. The summed E-state index contributed by atoms with van der Waals surface area (Å²) in [6.07, 6.45) is -3.09. The highest BCUT2D eigenvalue weighted by Crippen LogP contribution is 2.31. The van der Waals surface area contributed by atoms with Crippen LogP contribution in [0.15, 0.2) is 12.1 Å². The number of alkyl halides is 3. The summed E-state index contributed by atoms with van der Waals surface area (Å²) in [5, 5.41) is 11.4. The van der Waals surface area contributed by atoms with Gasteiger partial charge in [-0.1, -0.05) is 13.3 Å². The summed E-state index contributed by atoms with van der Waals surface area (Å²) in [6.45, 7) is 2.44. The van der Waals surface area contributed by atoms with Crippen LogP contribution in [0.1, 0.15) is 35.8 Å². The van der Waals surface area contributed by atoms with Crippen LogP contribution in [-0.4, -0.2) is 22.6 Å². The van der Waals surface area contributed by atoms with E-state index in [0.29, 0.717) is 6.54 Å². The second-order valence-electron chi connectivity index (χ2n) is 3.68. The van der Waals surface area contributed by atoms with E-state index in [0.717, 1.165) is 18.9 Å². The van der Waals surface area contributed by atoms with Gasteiger partial charge in [0.15, 0.2) is 5.69 Å². The maximum absolute atomic E-state index is 12.6. The molecular weight excluding hydrogens is 249 g/mol.